The van der Waals surface area contributed by atoms with Gasteiger partial charge in [-0.25, -0.2) is 14.8 Å². The number of carbonyl (C=O) groups is 1. The highest BCUT2D eigenvalue weighted by molar-refractivity contribution is 5.68. The Morgan fingerprint density at radius 3 is 2.56 bits per heavy atom. The molecule has 0 saturated carbocycles. The van der Waals surface area contributed by atoms with Crippen molar-refractivity contribution in [1.29, 1.82) is 0 Å². The summed E-state index contributed by atoms with van der Waals surface area (Å²) in [5.41, 5.74) is 2.37. The predicted molar refractivity (Wildman–Crippen MR) is 94.4 cm³/mol. The molecule has 132 valence electrons. The molecule has 0 bridgehead atoms. The molecule has 0 saturated heterocycles. The van der Waals surface area contributed by atoms with Gasteiger partial charge in [0.1, 0.15) is 11.4 Å². The molecule has 2 aromatic rings. The Morgan fingerprint density at radius 1 is 1.20 bits per heavy atom. The number of hydrogen-bond donors (Lipinski definition) is 0. The number of carbonyl (C=O) groups excluding carboxylic acids is 1. The minimum absolute atomic E-state index is 0.303. The molecule has 1 aliphatic rings. The molecule has 3 rings (SSSR count). The quantitative estimate of drug-likeness (QED) is 0.837. The molecule has 25 heavy (non-hydrogen) atoms. The standard InChI is InChI=1S/C19H23N3O3/c1-19(2,3)25-18(23)22-10-9-14-11-20-17(21-16(14)12-22)13-5-7-15(24-4)8-6-13/h5-8,11H,9-10,12H2,1-4H3. The molecule has 0 N–H and O–H groups in total. The second-order valence-corrected chi connectivity index (χ2v) is 7.05. The summed E-state index contributed by atoms with van der Waals surface area (Å²) < 4.78 is 10.6. The maximum Gasteiger partial charge on any atom is 0.410 e. The molecule has 0 unspecified atom stereocenters. The van der Waals surface area contributed by atoms with Crippen molar-refractivity contribution < 1.29 is 14.3 Å². The van der Waals surface area contributed by atoms with Crippen LogP contribution in [0.3, 0.4) is 0 Å². The Labute approximate surface area is 147 Å². The van der Waals surface area contributed by atoms with Gasteiger partial charge in [-0.15, -0.1) is 0 Å². The van der Waals surface area contributed by atoms with E-state index in [1.54, 1.807) is 12.0 Å². The molecule has 2 heterocycles. The second kappa shape index (κ2) is 6.70. The molecule has 1 amide bonds. The molecule has 6 heteroatoms. The Morgan fingerprint density at radius 2 is 1.92 bits per heavy atom. The van der Waals surface area contributed by atoms with Gasteiger partial charge in [0.2, 0.25) is 0 Å². The second-order valence-electron chi connectivity index (χ2n) is 7.05. The van der Waals surface area contributed by atoms with Crippen LogP contribution >= 0.6 is 0 Å². The summed E-state index contributed by atoms with van der Waals surface area (Å²) >= 11 is 0. The van der Waals surface area contributed by atoms with Gasteiger partial charge in [-0.3, -0.25) is 0 Å². The van der Waals surface area contributed by atoms with Crippen LogP contribution in [0.2, 0.25) is 0 Å². The van der Waals surface area contributed by atoms with Crippen molar-refractivity contribution in [3.8, 4) is 17.1 Å². The lowest BCUT2D eigenvalue weighted by Crippen LogP contribution is -2.40. The van der Waals surface area contributed by atoms with Crippen molar-refractivity contribution in [2.45, 2.75) is 39.3 Å². The van der Waals surface area contributed by atoms with E-state index in [1.165, 1.54) is 0 Å². The van der Waals surface area contributed by atoms with Gasteiger partial charge < -0.3 is 14.4 Å². The number of rotatable bonds is 2. The third-order valence-electron chi connectivity index (χ3n) is 3.95. The molecule has 6 nitrogen and oxygen atoms in total. The number of nitrogens with zero attached hydrogens (tertiary/aromatic N) is 3. The zero-order valence-corrected chi connectivity index (χ0v) is 15.1. The fraction of sp³-hybridized carbons (Fsp3) is 0.421. The van der Waals surface area contributed by atoms with Crippen LogP contribution in [0.15, 0.2) is 30.5 Å². The summed E-state index contributed by atoms with van der Waals surface area (Å²) in [5.74, 6) is 1.44. The van der Waals surface area contributed by atoms with Gasteiger partial charge in [0.25, 0.3) is 0 Å². The molecular weight excluding hydrogens is 318 g/mol. The molecule has 0 aliphatic carbocycles. The van der Waals surface area contributed by atoms with E-state index in [0.29, 0.717) is 18.9 Å². The summed E-state index contributed by atoms with van der Waals surface area (Å²) in [6, 6.07) is 7.61. The van der Waals surface area contributed by atoms with Crippen LogP contribution in [0.4, 0.5) is 4.79 Å². The monoisotopic (exact) mass is 341 g/mol. The molecule has 0 radical (unpaired) electrons. The first-order chi connectivity index (χ1) is 11.9. The third-order valence-corrected chi connectivity index (χ3v) is 3.95. The van der Waals surface area contributed by atoms with E-state index >= 15 is 0 Å². The molecule has 1 aliphatic heterocycles. The maximum atomic E-state index is 12.3. The topological polar surface area (TPSA) is 64.6 Å². The highest BCUT2D eigenvalue weighted by Gasteiger charge is 2.26. The number of aromatic nitrogens is 2. The van der Waals surface area contributed by atoms with Crippen LogP contribution in [0, 0.1) is 0 Å². The Bertz CT molecular complexity index is 766. The summed E-state index contributed by atoms with van der Waals surface area (Å²) in [5, 5.41) is 0. The molecule has 0 spiro atoms. The predicted octanol–water partition coefficient (Wildman–Crippen LogP) is 3.45. The van der Waals surface area contributed by atoms with Gasteiger partial charge in [0, 0.05) is 18.3 Å². The average Bonchev–Trinajstić information content (AvgIpc) is 2.59. The smallest absolute Gasteiger partial charge is 0.410 e. The highest BCUT2D eigenvalue weighted by atomic mass is 16.6. The van der Waals surface area contributed by atoms with Crippen molar-refractivity contribution >= 4 is 6.09 Å². The summed E-state index contributed by atoms with van der Waals surface area (Å²) in [4.78, 5) is 23.1. The van der Waals surface area contributed by atoms with Gasteiger partial charge in [-0.1, -0.05) is 0 Å². The molecule has 1 aromatic heterocycles. The van der Waals surface area contributed by atoms with Crippen molar-refractivity contribution in [3.63, 3.8) is 0 Å². The van der Waals surface area contributed by atoms with E-state index in [2.05, 4.69) is 9.97 Å². The van der Waals surface area contributed by atoms with Crippen LogP contribution in [0.5, 0.6) is 5.75 Å². The highest BCUT2D eigenvalue weighted by Crippen LogP contribution is 2.23. The van der Waals surface area contributed by atoms with Gasteiger partial charge in [0.05, 0.1) is 19.3 Å². The van der Waals surface area contributed by atoms with Gasteiger partial charge >= 0.3 is 6.09 Å². The van der Waals surface area contributed by atoms with E-state index in [4.69, 9.17) is 9.47 Å². The van der Waals surface area contributed by atoms with Gasteiger partial charge in [-0.05, 0) is 57.0 Å². The first-order valence-corrected chi connectivity index (χ1v) is 8.33. The van der Waals surface area contributed by atoms with Gasteiger partial charge in [0.15, 0.2) is 5.82 Å². The Hall–Kier alpha value is -2.63. The molecule has 1 aromatic carbocycles. The third kappa shape index (κ3) is 4.07. The first-order valence-electron chi connectivity index (χ1n) is 8.33. The molecular formula is C19H23N3O3. The fourth-order valence-corrected chi connectivity index (χ4v) is 2.66. The van der Waals surface area contributed by atoms with Crippen LogP contribution < -0.4 is 4.74 Å². The zero-order valence-electron chi connectivity index (χ0n) is 15.1. The van der Waals surface area contributed by atoms with Crippen LogP contribution in [-0.4, -0.2) is 40.2 Å². The van der Waals surface area contributed by atoms with E-state index in [9.17, 15) is 4.79 Å². The van der Waals surface area contributed by atoms with Gasteiger partial charge in [-0.2, -0.15) is 0 Å². The largest absolute Gasteiger partial charge is 0.497 e. The lowest BCUT2D eigenvalue weighted by molar-refractivity contribution is 0.0220. The SMILES string of the molecule is COc1ccc(-c2ncc3c(n2)CN(C(=O)OC(C)(C)C)CC3)cc1. The zero-order chi connectivity index (χ0) is 18.0. The van der Waals surface area contributed by atoms with Crippen LogP contribution in [0.25, 0.3) is 11.4 Å². The number of amides is 1. The Balaban J connectivity index is 1.80. The number of methoxy groups -OCH3 is 1. The maximum absolute atomic E-state index is 12.3. The molecule has 0 fully saturated rings. The normalized spacial score (nSPS) is 14.0. The fourth-order valence-electron chi connectivity index (χ4n) is 2.66. The summed E-state index contributed by atoms with van der Waals surface area (Å²) in [6.07, 6.45) is 2.29. The van der Waals surface area contributed by atoms with Crippen LogP contribution in [0.1, 0.15) is 32.0 Å². The van der Waals surface area contributed by atoms with Crippen molar-refractivity contribution in [1.82, 2.24) is 14.9 Å². The number of fused-ring (bicyclic) bond motifs is 1. The number of hydrogen-bond acceptors (Lipinski definition) is 5. The molecule has 0 atom stereocenters. The summed E-state index contributed by atoms with van der Waals surface area (Å²) in [7, 11) is 1.63. The minimum Gasteiger partial charge on any atom is -0.497 e. The van der Waals surface area contributed by atoms with E-state index < -0.39 is 5.60 Å². The first kappa shape index (κ1) is 17.2. The van der Waals surface area contributed by atoms with E-state index in [1.807, 2.05) is 51.2 Å². The van der Waals surface area contributed by atoms with Crippen LogP contribution in [-0.2, 0) is 17.7 Å². The number of benzene rings is 1. The lowest BCUT2D eigenvalue weighted by Gasteiger charge is -2.30. The van der Waals surface area contributed by atoms with E-state index in [-0.39, 0.29) is 6.09 Å². The average molecular weight is 341 g/mol. The van der Waals surface area contributed by atoms with Crippen molar-refractivity contribution in [3.05, 3.63) is 41.7 Å². The van der Waals surface area contributed by atoms with E-state index in [0.717, 1.165) is 29.0 Å². The minimum atomic E-state index is -0.503. The number of ether oxygens (including phenoxy) is 2. The van der Waals surface area contributed by atoms with Crippen molar-refractivity contribution in [2.75, 3.05) is 13.7 Å². The Kier molecular flexibility index (Phi) is 4.61. The lowest BCUT2D eigenvalue weighted by atomic mass is 10.1. The van der Waals surface area contributed by atoms with Crippen molar-refractivity contribution in [2.24, 2.45) is 0 Å². The summed E-state index contributed by atoms with van der Waals surface area (Å²) in [6.45, 7) is 6.66.